The SMILES string of the molecule is C[C@H](/C=C\S(C)(=O)=O)NC(=O)C1(F)CCN(S(=O)(=O)c2ccc(N3CCCC3)cc2-c2ccccc2Cl)CC1. The average molecular weight is 598 g/mol. The molecule has 0 radical (unpaired) electrons. The number of anilines is 1. The Morgan fingerprint density at radius 3 is 2.28 bits per heavy atom. The van der Waals surface area contributed by atoms with Crippen LogP contribution < -0.4 is 10.2 Å². The Hall–Kier alpha value is -2.47. The quantitative estimate of drug-likeness (QED) is 0.490. The molecule has 0 aromatic heterocycles. The van der Waals surface area contributed by atoms with Crippen LogP contribution in [-0.4, -0.2) is 71.2 Å². The molecule has 2 aromatic rings. The van der Waals surface area contributed by atoms with Crippen LogP contribution in [-0.2, 0) is 24.7 Å². The maximum absolute atomic E-state index is 15.6. The van der Waals surface area contributed by atoms with Crippen molar-refractivity contribution in [3.63, 3.8) is 0 Å². The molecule has 0 unspecified atom stereocenters. The van der Waals surface area contributed by atoms with E-state index in [1.54, 1.807) is 36.4 Å². The van der Waals surface area contributed by atoms with Crippen molar-refractivity contribution in [2.75, 3.05) is 37.3 Å². The minimum Gasteiger partial charge on any atom is -0.372 e. The lowest BCUT2D eigenvalue weighted by Gasteiger charge is -2.35. The molecule has 39 heavy (non-hydrogen) atoms. The van der Waals surface area contributed by atoms with Gasteiger partial charge in [-0.25, -0.2) is 21.2 Å². The predicted molar refractivity (Wildman–Crippen MR) is 152 cm³/mol. The molecule has 1 atom stereocenters. The van der Waals surface area contributed by atoms with Crippen molar-refractivity contribution in [2.24, 2.45) is 0 Å². The molecule has 1 N–H and O–H groups in total. The third-order valence-corrected chi connectivity index (χ3v) is 10.0. The van der Waals surface area contributed by atoms with Gasteiger partial charge >= 0.3 is 0 Å². The molecule has 8 nitrogen and oxygen atoms in total. The summed E-state index contributed by atoms with van der Waals surface area (Å²) in [6.07, 6.45) is 3.77. The maximum Gasteiger partial charge on any atom is 0.258 e. The van der Waals surface area contributed by atoms with Crippen molar-refractivity contribution in [1.82, 2.24) is 9.62 Å². The zero-order valence-electron chi connectivity index (χ0n) is 21.9. The number of hydrogen-bond donors (Lipinski definition) is 1. The Labute approximate surface area is 234 Å². The zero-order valence-corrected chi connectivity index (χ0v) is 24.3. The Balaban J connectivity index is 1.56. The van der Waals surface area contributed by atoms with E-state index in [1.165, 1.54) is 17.3 Å². The van der Waals surface area contributed by atoms with E-state index in [2.05, 4.69) is 10.2 Å². The van der Waals surface area contributed by atoms with Gasteiger partial charge in [0.2, 0.25) is 10.0 Å². The lowest BCUT2D eigenvalue weighted by Crippen LogP contribution is -2.53. The van der Waals surface area contributed by atoms with E-state index >= 15 is 4.39 Å². The Morgan fingerprint density at radius 1 is 1.03 bits per heavy atom. The predicted octanol–water partition coefficient (Wildman–Crippen LogP) is 4.16. The highest BCUT2D eigenvalue weighted by atomic mass is 35.5. The summed E-state index contributed by atoms with van der Waals surface area (Å²) in [5.74, 6) is -0.892. The number of carbonyl (C=O) groups excluding carboxylic acids is 1. The van der Waals surface area contributed by atoms with Gasteiger partial charge in [-0.1, -0.05) is 35.9 Å². The number of sulfonamides is 1. The van der Waals surface area contributed by atoms with Crippen LogP contribution in [0, 0.1) is 0 Å². The van der Waals surface area contributed by atoms with Crippen LogP contribution in [0.4, 0.5) is 10.1 Å². The molecule has 4 rings (SSSR count). The van der Waals surface area contributed by atoms with Gasteiger partial charge in [-0.05, 0) is 44.0 Å². The summed E-state index contributed by atoms with van der Waals surface area (Å²) < 4.78 is 67.1. The second-order valence-corrected chi connectivity index (χ2v) is 14.4. The molecule has 2 aliphatic rings. The highest BCUT2D eigenvalue weighted by Crippen LogP contribution is 2.39. The Morgan fingerprint density at radius 2 is 1.67 bits per heavy atom. The third-order valence-electron chi connectivity index (χ3n) is 7.11. The molecule has 1 amide bonds. The second kappa shape index (κ2) is 11.6. The molecule has 0 aliphatic carbocycles. The standard InChI is InChI=1S/C27H33ClFN3O5S2/c1-20(11-18-38(2,34)35)30-26(33)27(29)12-16-32(17-13-27)39(36,37)25-10-9-21(31-14-5-6-15-31)19-23(25)22-7-3-4-8-24(22)28/h3-4,7-11,18-20H,5-6,12-17H2,1-2H3,(H,30,33)/b18-11-/t20-/m1/s1. The number of halogens is 2. The fraction of sp³-hybridized carbons (Fsp3) is 0.444. The smallest absolute Gasteiger partial charge is 0.258 e. The first-order valence-electron chi connectivity index (χ1n) is 12.8. The van der Waals surface area contributed by atoms with Crippen molar-refractivity contribution in [2.45, 2.75) is 49.2 Å². The van der Waals surface area contributed by atoms with E-state index in [0.29, 0.717) is 16.1 Å². The topological polar surface area (TPSA) is 104 Å². The van der Waals surface area contributed by atoms with Gasteiger partial charge in [-0.2, -0.15) is 4.31 Å². The molecule has 0 saturated carbocycles. The second-order valence-electron chi connectivity index (χ2n) is 10.1. The van der Waals surface area contributed by atoms with Gasteiger partial charge < -0.3 is 10.2 Å². The third kappa shape index (κ3) is 6.82. The number of carbonyl (C=O) groups is 1. The van der Waals surface area contributed by atoms with E-state index in [0.717, 1.165) is 43.3 Å². The van der Waals surface area contributed by atoms with Crippen LogP contribution in [0.3, 0.4) is 0 Å². The lowest BCUT2D eigenvalue weighted by molar-refractivity contribution is -0.135. The van der Waals surface area contributed by atoms with Crippen molar-refractivity contribution in [3.05, 3.63) is 59.0 Å². The largest absolute Gasteiger partial charge is 0.372 e. The zero-order chi connectivity index (χ0) is 28.4. The van der Waals surface area contributed by atoms with Crippen molar-refractivity contribution < 1.29 is 26.0 Å². The van der Waals surface area contributed by atoms with Crippen LogP contribution in [0.1, 0.15) is 32.6 Å². The van der Waals surface area contributed by atoms with E-state index in [4.69, 9.17) is 11.6 Å². The van der Waals surface area contributed by atoms with Crippen molar-refractivity contribution >= 4 is 43.1 Å². The van der Waals surface area contributed by atoms with Crippen LogP contribution >= 0.6 is 11.6 Å². The monoisotopic (exact) mass is 597 g/mol. The fourth-order valence-corrected chi connectivity index (χ4v) is 7.28. The number of benzene rings is 2. The van der Waals surface area contributed by atoms with Gasteiger partial charge in [0.1, 0.15) is 0 Å². The number of sulfone groups is 1. The van der Waals surface area contributed by atoms with Gasteiger partial charge in [0.25, 0.3) is 5.91 Å². The summed E-state index contributed by atoms with van der Waals surface area (Å²) >= 11 is 6.49. The first kappa shape index (κ1) is 29.5. The molecule has 212 valence electrons. The number of nitrogens with one attached hydrogen (secondary N) is 1. The van der Waals surface area contributed by atoms with E-state index in [9.17, 15) is 21.6 Å². The average Bonchev–Trinajstić information content (AvgIpc) is 3.42. The molecule has 12 heteroatoms. The lowest BCUT2D eigenvalue weighted by atomic mass is 9.93. The number of rotatable bonds is 8. The van der Waals surface area contributed by atoms with Gasteiger partial charge in [0.05, 0.1) is 4.90 Å². The van der Waals surface area contributed by atoms with Crippen LogP contribution in [0.5, 0.6) is 0 Å². The van der Waals surface area contributed by atoms with E-state index < -0.39 is 37.5 Å². The summed E-state index contributed by atoms with van der Waals surface area (Å²) in [4.78, 5) is 15.0. The summed E-state index contributed by atoms with van der Waals surface area (Å²) in [7, 11) is -7.43. The molecule has 2 heterocycles. The minimum atomic E-state index is -4.04. The summed E-state index contributed by atoms with van der Waals surface area (Å²) in [5, 5.41) is 3.83. The van der Waals surface area contributed by atoms with E-state index in [-0.39, 0.29) is 30.8 Å². The number of alkyl halides is 1. The molecule has 0 bridgehead atoms. The minimum absolute atomic E-state index is 0.0777. The van der Waals surface area contributed by atoms with Crippen molar-refractivity contribution in [3.8, 4) is 11.1 Å². The molecule has 2 aromatic carbocycles. The molecule has 2 aliphatic heterocycles. The summed E-state index contributed by atoms with van der Waals surface area (Å²) in [5.41, 5.74) is -0.291. The van der Waals surface area contributed by atoms with Gasteiger partial charge in [0, 0.05) is 78.6 Å². The summed E-state index contributed by atoms with van der Waals surface area (Å²) in [6, 6.07) is 11.6. The Bertz CT molecular complexity index is 1470. The van der Waals surface area contributed by atoms with E-state index in [1.807, 2.05) is 6.07 Å². The molecule has 0 spiro atoms. The van der Waals surface area contributed by atoms with Crippen molar-refractivity contribution in [1.29, 1.82) is 0 Å². The number of hydrogen-bond acceptors (Lipinski definition) is 6. The number of amides is 1. The highest BCUT2D eigenvalue weighted by molar-refractivity contribution is 7.93. The van der Waals surface area contributed by atoms with Gasteiger partial charge in [-0.15, -0.1) is 0 Å². The van der Waals surface area contributed by atoms with Crippen LogP contribution in [0.25, 0.3) is 11.1 Å². The number of piperidine rings is 1. The molecular weight excluding hydrogens is 565 g/mol. The Kier molecular flexibility index (Phi) is 8.75. The van der Waals surface area contributed by atoms with Gasteiger partial charge in [0.15, 0.2) is 15.5 Å². The summed E-state index contributed by atoms with van der Waals surface area (Å²) in [6.45, 7) is 2.95. The first-order chi connectivity index (χ1) is 18.3. The van der Waals surface area contributed by atoms with Gasteiger partial charge in [-0.3, -0.25) is 4.79 Å². The molecular formula is C27H33ClFN3O5S2. The number of nitrogens with zero attached hydrogens (tertiary/aromatic N) is 2. The fourth-order valence-electron chi connectivity index (χ4n) is 4.90. The van der Waals surface area contributed by atoms with Crippen LogP contribution in [0.2, 0.25) is 5.02 Å². The van der Waals surface area contributed by atoms with Crippen LogP contribution in [0.15, 0.2) is 58.8 Å². The first-order valence-corrected chi connectivity index (χ1v) is 16.6. The molecule has 2 saturated heterocycles. The highest BCUT2D eigenvalue weighted by Gasteiger charge is 2.45. The molecule has 2 fully saturated rings. The maximum atomic E-state index is 15.6. The normalized spacial score (nSPS) is 19.3.